The normalized spacial score (nSPS) is 21.8. The van der Waals surface area contributed by atoms with Crippen molar-refractivity contribution in [3.05, 3.63) is 26.6 Å². The lowest BCUT2D eigenvalue weighted by Gasteiger charge is -2.39. The fourth-order valence-electron chi connectivity index (χ4n) is 2.56. The number of hydrogen-bond acceptors (Lipinski definition) is 3. The Balaban J connectivity index is 2.05. The molecule has 1 aromatic rings. The number of phenols is 1. The van der Waals surface area contributed by atoms with Gasteiger partial charge in [-0.1, -0.05) is 6.92 Å². The summed E-state index contributed by atoms with van der Waals surface area (Å²) in [6.45, 7) is 6.52. The summed E-state index contributed by atoms with van der Waals surface area (Å²) in [4.78, 5) is 4.93. The molecular weight excluding hydrogens is 372 g/mol. The average molecular weight is 392 g/mol. The van der Waals surface area contributed by atoms with E-state index in [0.717, 1.165) is 35.1 Å². The quantitative estimate of drug-likeness (QED) is 0.854. The largest absolute Gasteiger partial charge is 0.506 e. The zero-order valence-corrected chi connectivity index (χ0v) is 14.5. The predicted molar refractivity (Wildman–Crippen MR) is 85.5 cm³/mol. The first-order valence-corrected chi connectivity index (χ1v) is 8.19. The van der Waals surface area contributed by atoms with Crippen LogP contribution in [0.2, 0.25) is 0 Å². The number of benzene rings is 1. The number of halogens is 2. The average Bonchev–Trinajstić information content (AvgIpc) is 2.38. The maximum absolute atomic E-state index is 9.74. The number of likely N-dealkylation sites (N-methyl/N-ethyl adjacent to an activating group) is 1. The second-order valence-electron chi connectivity index (χ2n) is 5.19. The molecule has 0 bridgehead atoms. The maximum atomic E-state index is 9.74. The van der Waals surface area contributed by atoms with Gasteiger partial charge in [0.1, 0.15) is 5.75 Å². The van der Waals surface area contributed by atoms with Crippen molar-refractivity contribution in [1.82, 2.24) is 9.80 Å². The molecule has 1 fully saturated rings. The van der Waals surface area contributed by atoms with Gasteiger partial charge < -0.3 is 10.0 Å². The van der Waals surface area contributed by atoms with Gasteiger partial charge in [-0.3, -0.25) is 4.90 Å². The Morgan fingerprint density at radius 3 is 2.47 bits per heavy atom. The molecule has 2 rings (SSSR count). The van der Waals surface area contributed by atoms with Crippen molar-refractivity contribution in [3.63, 3.8) is 0 Å². The Bertz CT molecular complexity index is 430. The molecule has 0 amide bonds. The van der Waals surface area contributed by atoms with E-state index in [4.69, 9.17) is 0 Å². The van der Waals surface area contributed by atoms with E-state index in [9.17, 15) is 5.11 Å². The molecule has 19 heavy (non-hydrogen) atoms. The summed E-state index contributed by atoms with van der Waals surface area (Å²) in [5.41, 5.74) is 1.22. The summed E-state index contributed by atoms with van der Waals surface area (Å²) in [6.07, 6.45) is 1.19. The number of hydrogen-bond donors (Lipinski definition) is 1. The van der Waals surface area contributed by atoms with Crippen molar-refractivity contribution in [2.24, 2.45) is 0 Å². The molecule has 3 nitrogen and oxygen atoms in total. The molecule has 106 valence electrons. The molecule has 1 aromatic carbocycles. The van der Waals surface area contributed by atoms with Crippen LogP contribution in [0.5, 0.6) is 5.75 Å². The van der Waals surface area contributed by atoms with Crippen LogP contribution < -0.4 is 0 Å². The summed E-state index contributed by atoms with van der Waals surface area (Å²) in [7, 11) is 2.21. The van der Waals surface area contributed by atoms with E-state index in [0.29, 0.717) is 6.04 Å². The molecule has 1 aliphatic heterocycles. The van der Waals surface area contributed by atoms with Gasteiger partial charge in [0.2, 0.25) is 0 Å². The lowest BCUT2D eigenvalue weighted by atomic mass is 10.1. The molecule has 0 radical (unpaired) electrons. The standard InChI is InChI=1S/C14H20Br2N2O/c1-3-11-9-18(5-4-17(11)2)8-10-6-12(15)14(19)13(16)7-10/h6-7,11,19H,3-5,8-9H2,1-2H3. The number of nitrogens with zero attached hydrogens (tertiary/aromatic N) is 2. The molecule has 0 saturated carbocycles. The van der Waals surface area contributed by atoms with Crippen LogP contribution in [0.1, 0.15) is 18.9 Å². The molecule has 1 atom stereocenters. The fraction of sp³-hybridized carbons (Fsp3) is 0.571. The van der Waals surface area contributed by atoms with Gasteiger partial charge in [-0.2, -0.15) is 0 Å². The summed E-state index contributed by atoms with van der Waals surface area (Å²) in [6, 6.07) is 4.65. The summed E-state index contributed by atoms with van der Waals surface area (Å²) in [5.74, 6) is 0.272. The second kappa shape index (κ2) is 6.57. The van der Waals surface area contributed by atoms with Crippen LogP contribution in [0.25, 0.3) is 0 Å². The van der Waals surface area contributed by atoms with E-state index < -0.39 is 0 Å². The molecule has 0 aliphatic carbocycles. The molecule has 0 aromatic heterocycles. The van der Waals surface area contributed by atoms with E-state index >= 15 is 0 Å². The molecular formula is C14H20Br2N2O. The van der Waals surface area contributed by atoms with E-state index in [-0.39, 0.29) is 5.75 Å². The first-order valence-electron chi connectivity index (χ1n) is 6.60. The van der Waals surface area contributed by atoms with Crippen LogP contribution >= 0.6 is 31.9 Å². The number of phenolic OH excluding ortho intramolecular Hbond substituents is 1. The Kier molecular flexibility index (Phi) is 5.29. The number of aromatic hydroxyl groups is 1. The van der Waals surface area contributed by atoms with Gasteiger partial charge in [-0.05, 0) is 63.0 Å². The van der Waals surface area contributed by atoms with Gasteiger partial charge >= 0.3 is 0 Å². The van der Waals surface area contributed by atoms with E-state index in [2.05, 4.69) is 55.6 Å². The lowest BCUT2D eigenvalue weighted by molar-refractivity contribution is 0.0883. The van der Waals surface area contributed by atoms with E-state index in [1.54, 1.807) is 0 Å². The zero-order chi connectivity index (χ0) is 14.0. The minimum absolute atomic E-state index is 0.272. The number of rotatable bonds is 3. The maximum Gasteiger partial charge on any atom is 0.143 e. The van der Waals surface area contributed by atoms with Gasteiger partial charge in [-0.25, -0.2) is 0 Å². The van der Waals surface area contributed by atoms with E-state index in [1.165, 1.54) is 12.0 Å². The fourth-order valence-corrected chi connectivity index (χ4v) is 3.84. The van der Waals surface area contributed by atoms with Crippen LogP contribution in [0.15, 0.2) is 21.1 Å². The highest BCUT2D eigenvalue weighted by Gasteiger charge is 2.22. The van der Waals surface area contributed by atoms with Crippen LogP contribution in [0.3, 0.4) is 0 Å². The van der Waals surface area contributed by atoms with Crippen LogP contribution in [-0.4, -0.2) is 47.6 Å². The monoisotopic (exact) mass is 390 g/mol. The molecule has 5 heteroatoms. The highest BCUT2D eigenvalue weighted by atomic mass is 79.9. The SMILES string of the molecule is CCC1CN(Cc2cc(Br)c(O)c(Br)c2)CCN1C. The summed E-state index contributed by atoms with van der Waals surface area (Å²) < 4.78 is 1.50. The highest BCUT2D eigenvalue weighted by molar-refractivity contribution is 9.11. The molecule has 1 heterocycles. The minimum Gasteiger partial charge on any atom is -0.506 e. The third-order valence-electron chi connectivity index (χ3n) is 3.82. The topological polar surface area (TPSA) is 26.7 Å². The minimum atomic E-state index is 0.272. The first kappa shape index (κ1) is 15.3. The van der Waals surface area contributed by atoms with Crippen molar-refractivity contribution in [2.45, 2.75) is 25.9 Å². The van der Waals surface area contributed by atoms with Crippen molar-refractivity contribution < 1.29 is 5.11 Å². The van der Waals surface area contributed by atoms with Crippen LogP contribution in [0.4, 0.5) is 0 Å². The number of piperazine rings is 1. The Morgan fingerprint density at radius 2 is 1.89 bits per heavy atom. The molecule has 1 N–H and O–H groups in total. The third kappa shape index (κ3) is 3.72. The van der Waals surface area contributed by atoms with Gasteiger partial charge in [0, 0.05) is 32.2 Å². The Labute approximate surface area is 131 Å². The smallest absolute Gasteiger partial charge is 0.143 e. The molecule has 1 aliphatic rings. The second-order valence-corrected chi connectivity index (χ2v) is 6.89. The Hall–Kier alpha value is -0.100. The predicted octanol–water partition coefficient (Wildman–Crippen LogP) is 3.44. The Morgan fingerprint density at radius 1 is 1.26 bits per heavy atom. The van der Waals surface area contributed by atoms with Gasteiger partial charge in [-0.15, -0.1) is 0 Å². The van der Waals surface area contributed by atoms with E-state index in [1.807, 2.05) is 12.1 Å². The summed E-state index contributed by atoms with van der Waals surface area (Å²) in [5, 5.41) is 9.74. The van der Waals surface area contributed by atoms with Crippen molar-refractivity contribution in [1.29, 1.82) is 0 Å². The van der Waals surface area contributed by atoms with Crippen LogP contribution in [-0.2, 0) is 6.54 Å². The van der Waals surface area contributed by atoms with Crippen molar-refractivity contribution in [3.8, 4) is 5.75 Å². The highest BCUT2D eigenvalue weighted by Crippen LogP contribution is 2.33. The lowest BCUT2D eigenvalue weighted by Crippen LogP contribution is -2.50. The van der Waals surface area contributed by atoms with Crippen LogP contribution in [0, 0.1) is 0 Å². The zero-order valence-electron chi connectivity index (χ0n) is 11.4. The van der Waals surface area contributed by atoms with Crippen molar-refractivity contribution in [2.75, 3.05) is 26.7 Å². The summed E-state index contributed by atoms with van der Waals surface area (Å²) >= 11 is 6.78. The molecule has 1 saturated heterocycles. The third-order valence-corrected chi connectivity index (χ3v) is 5.02. The van der Waals surface area contributed by atoms with Gasteiger partial charge in [0.15, 0.2) is 0 Å². The van der Waals surface area contributed by atoms with Crippen molar-refractivity contribution >= 4 is 31.9 Å². The molecule has 1 unspecified atom stereocenters. The van der Waals surface area contributed by atoms with Gasteiger partial charge in [0.05, 0.1) is 8.95 Å². The molecule has 0 spiro atoms. The van der Waals surface area contributed by atoms with Gasteiger partial charge in [0.25, 0.3) is 0 Å². The first-order chi connectivity index (χ1) is 9.01.